The lowest BCUT2D eigenvalue weighted by Crippen LogP contribution is -2.09. The Morgan fingerprint density at radius 1 is 1.50 bits per heavy atom. The lowest BCUT2D eigenvalue weighted by molar-refractivity contribution is 0.181. The van der Waals surface area contributed by atoms with Crippen LogP contribution in [0.3, 0.4) is 0 Å². The molecule has 2 N–H and O–H groups in total. The van der Waals surface area contributed by atoms with Crippen LogP contribution in [-0.4, -0.2) is 17.7 Å². The number of nitrogens with zero attached hydrogens (tertiary/aromatic N) is 1. The number of rotatable bonds is 3. The first-order valence-electron chi connectivity index (χ1n) is 3.45. The highest BCUT2D eigenvalue weighted by atomic mass is 35.5. The summed E-state index contributed by atoms with van der Waals surface area (Å²) in [6.45, 7) is -2.75. The third-order valence-electron chi connectivity index (χ3n) is 1.39. The first-order valence-corrected chi connectivity index (χ1v) is 4.21. The molecule has 1 aromatic rings. The van der Waals surface area contributed by atoms with Crippen molar-refractivity contribution in [2.24, 2.45) is 0 Å². The molecule has 14 heavy (non-hydrogen) atoms. The second-order valence-electron chi connectivity index (χ2n) is 2.29. The van der Waals surface area contributed by atoms with Crippen LogP contribution in [0.1, 0.15) is 5.56 Å². The molecule has 0 saturated heterocycles. The fourth-order valence-electron chi connectivity index (χ4n) is 0.869. The maximum Gasteiger partial charge on any atom is 0.312 e. The van der Waals surface area contributed by atoms with Crippen LogP contribution in [0.5, 0.6) is 0 Å². The minimum absolute atomic E-state index is 0.0104. The van der Waals surface area contributed by atoms with Gasteiger partial charge in [-0.3, -0.25) is 0 Å². The van der Waals surface area contributed by atoms with Gasteiger partial charge in [-0.25, -0.2) is 4.98 Å². The van der Waals surface area contributed by atoms with E-state index in [1.165, 1.54) is 6.07 Å². The monoisotopic (exact) mass is 239 g/mol. The smallest absolute Gasteiger partial charge is 0.312 e. The molecule has 0 saturated carbocycles. The van der Waals surface area contributed by atoms with Gasteiger partial charge in [0, 0.05) is 6.21 Å². The lowest BCUT2D eigenvalue weighted by Gasteiger charge is -2.09. The minimum atomic E-state index is -2.75. The molecule has 0 aromatic carbocycles. The van der Waals surface area contributed by atoms with Gasteiger partial charge in [0.25, 0.3) is 0 Å². The first kappa shape index (κ1) is 11.1. The Hall–Kier alpha value is -0.940. The molecule has 76 valence electrons. The van der Waals surface area contributed by atoms with Gasteiger partial charge in [0.15, 0.2) is 0 Å². The molecule has 0 aliphatic heterocycles. The maximum absolute atomic E-state index is 12.0. The van der Waals surface area contributed by atoms with Crippen molar-refractivity contribution in [2.45, 2.75) is 6.55 Å². The first-order chi connectivity index (χ1) is 6.54. The number of aromatic nitrogens is 1. The van der Waals surface area contributed by atoms with E-state index < -0.39 is 6.55 Å². The molecule has 0 amide bonds. The second kappa shape index (κ2) is 4.52. The van der Waals surface area contributed by atoms with E-state index in [0.29, 0.717) is 0 Å². The van der Waals surface area contributed by atoms with E-state index in [9.17, 15) is 8.78 Å². The molecule has 1 aromatic heterocycles. The highest BCUT2D eigenvalue weighted by molar-refractivity contribution is 6.34. The summed E-state index contributed by atoms with van der Waals surface area (Å²) in [5.41, 5.74) is 0.0661. The summed E-state index contributed by atoms with van der Waals surface area (Å²) >= 11 is 11.1. The van der Waals surface area contributed by atoms with Gasteiger partial charge in [0.1, 0.15) is 10.3 Å². The van der Waals surface area contributed by atoms with E-state index in [2.05, 4.69) is 4.98 Å². The van der Waals surface area contributed by atoms with Crippen LogP contribution in [-0.2, 0) is 0 Å². The van der Waals surface area contributed by atoms with Gasteiger partial charge in [0.05, 0.1) is 11.3 Å². The van der Waals surface area contributed by atoms with Crippen molar-refractivity contribution in [1.82, 2.24) is 4.98 Å². The summed E-state index contributed by atoms with van der Waals surface area (Å²) in [5, 5.41) is 8.68. The largest absolute Gasteiger partial charge is 0.329 e. The second-order valence-corrected chi connectivity index (χ2v) is 3.03. The fourth-order valence-corrected chi connectivity index (χ4v) is 1.35. The van der Waals surface area contributed by atoms with Crippen LogP contribution in [0.2, 0.25) is 10.3 Å². The number of hydrogen-bond donors (Lipinski definition) is 2. The number of hydrogen-bond acceptors (Lipinski definition) is 3. The Labute approximate surface area is 88.6 Å². The van der Waals surface area contributed by atoms with E-state index in [4.69, 9.17) is 28.6 Å². The summed E-state index contributed by atoms with van der Waals surface area (Å²) in [6.07, 6.45) is 0.830. The van der Waals surface area contributed by atoms with Gasteiger partial charge in [-0.2, -0.15) is 8.78 Å². The summed E-state index contributed by atoms with van der Waals surface area (Å²) in [6, 6.07) is 1.18. The quantitative estimate of drug-likeness (QED) is 0.484. The van der Waals surface area contributed by atoms with Crippen LogP contribution in [0.4, 0.5) is 14.5 Å². The van der Waals surface area contributed by atoms with E-state index in [0.717, 1.165) is 6.21 Å². The van der Waals surface area contributed by atoms with Gasteiger partial charge in [-0.15, -0.1) is 0 Å². The highest BCUT2D eigenvalue weighted by Crippen LogP contribution is 2.25. The molecular formula is C7H5Cl2F2N3. The molecule has 0 fully saturated rings. The molecule has 0 aliphatic rings. The summed E-state index contributed by atoms with van der Waals surface area (Å²) in [5.74, 6) is 0. The molecule has 1 rings (SSSR count). The minimum Gasteiger partial charge on any atom is -0.329 e. The van der Waals surface area contributed by atoms with Gasteiger partial charge in [0.2, 0.25) is 0 Å². The van der Waals surface area contributed by atoms with Crippen molar-refractivity contribution in [2.75, 3.05) is 5.32 Å². The predicted molar refractivity (Wildman–Crippen MR) is 51.8 cm³/mol. The molecule has 0 bridgehead atoms. The standard InChI is InChI=1S/C7H5Cl2F2N3/c8-5-1-4(13-7(10)11)3(2-12)6(9)14-5/h1-2,7,12H,(H,13,14). The Balaban J connectivity index is 3.17. The van der Waals surface area contributed by atoms with Crippen LogP contribution >= 0.6 is 23.2 Å². The van der Waals surface area contributed by atoms with Gasteiger partial charge in [-0.1, -0.05) is 23.2 Å². The number of halogens is 4. The van der Waals surface area contributed by atoms with Crippen molar-refractivity contribution in [3.05, 3.63) is 21.9 Å². The van der Waals surface area contributed by atoms with Crippen LogP contribution in [0.25, 0.3) is 0 Å². The lowest BCUT2D eigenvalue weighted by atomic mass is 10.2. The number of pyridine rings is 1. The van der Waals surface area contributed by atoms with Gasteiger partial charge in [-0.05, 0) is 6.07 Å². The maximum atomic E-state index is 12.0. The molecule has 3 nitrogen and oxygen atoms in total. The zero-order chi connectivity index (χ0) is 10.7. The van der Waals surface area contributed by atoms with Gasteiger partial charge < -0.3 is 10.7 Å². The number of alkyl halides is 2. The predicted octanol–water partition coefficient (Wildman–Crippen LogP) is 3.02. The number of nitrogens with one attached hydrogen (secondary N) is 2. The Bertz CT molecular complexity index is 357. The van der Waals surface area contributed by atoms with Crippen molar-refractivity contribution in [3.63, 3.8) is 0 Å². The highest BCUT2D eigenvalue weighted by Gasteiger charge is 2.11. The zero-order valence-electron chi connectivity index (χ0n) is 6.69. The average Bonchev–Trinajstić information content (AvgIpc) is 2.01. The zero-order valence-corrected chi connectivity index (χ0v) is 8.20. The topological polar surface area (TPSA) is 48.8 Å². The van der Waals surface area contributed by atoms with E-state index in [1.54, 1.807) is 0 Å². The summed E-state index contributed by atoms with van der Waals surface area (Å²) in [4.78, 5) is 3.61. The van der Waals surface area contributed by atoms with Crippen LogP contribution < -0.4 is 5.32 Å². The van der Waals surface area contributed by atoms with Crippen LogP contribution in [0.15, 0.2) is 6.07 Å². The SMILES string of the molecule is N=Cc1c(NC(F)F)cc(Cl)nc1Cl. The third-order valence-corrected chi connectivity index (χ3v) is 1.87. The summed E-state index contributed by atoms with van der Waals surface area (Å²) in [7, 11) is 0. The van der Waals surface area contributed by atoms with Crippen molar-refractivity contribution in [3.8, 4) is 0 Å². The van der Waals surface area contributed by atoms with E-state index >= 15 is 0 Å². The fraction of sp³-hybridized carbons (Fsp3) is 0.143. The molecule has 0 unspecified atom stereocenters. The third kappa shape index (κ3) is 2.52. The van der Waals surface area contributed by atoms with Crippen molar-refractivity contribution >= 4 is 35.1 Å². The van der Waals surface area contributed by atoms with E-state index in [-0.39, 0.29) is 21.6 Å². The van der Waals surface area contributed by atoms with Gasteiger partial charge >= 0.3 is 6.55 Å². The average molecular weight is 240 g/mol. The van der Waals surface area contributed by atoms with Crippen LogP contribution in [0, 0.1) is 5.41 Å². The Kier molecular flexibility index (Phi) is 3.60. The van der Waals surface area contributed by atoms with Crippen molar-refractivity contribution in [1.29, 1.82) is 5.41 Å². The molecule has 1 heterocycles. The molecule has 0 aliphatic carbocycles. The summed E-state index contributed by atoms with van der Waals surface area (Å²) < 4.78 is 24.0. The molecular weight excluding hydrogens is 235 g/mol. The Morgan fingerprint density at radius 2 is 2.14 bits per heavy atom. The Morgan fingerprint density at radius 3 is 2.64 bits per heavy atom. The molecule has 0 spiro atoms. The number of anilines is 1. The normalized spacial score (nSPS) is 10.4. The molecule has 0 radical (unpaired) electrons. The molecule has 7 heteroatoms. The molecule has 0 atom stereocenters. The van der Waals surface area contributed by atoms with E-state index in [1.807, 2.05) is 5.32 Å². The van der Waals surface area contributed by atoms with Crippen molar-refractivity contribution < 1.29 is 8.78 Å².